The van der Waals surface area contributed by atoms with Crippen molar-refractivity contribution in [1.82, 2.24) is 9.97 Å². The van der Waals surface area contributed by atoms with Gasteiger partial charge >= 0.3 is 5.97 Å². The van der Waals surface area contributed by atoms with Crippen LogP contribution in [-0.2, 0) is 11.2 Å². The molecule has 0 saturated carbocycles. The molecule has 0 spiro atoms. The number of fused-ring (bicyclic) bond motifs is 1. The van der Waals surface area contributed by atoms with Gasteiger partial charge in [0.05, 0.1) is 22.2 Å². The molecule has 0 radical (unpaired) electrons. The summed E-state index contributed by atoms with van der Waals surface area (Å²) >= 11 is 2.83. The van der Waals surface area contributed by atoms with Crippen LogP contribution in [0.25, 0.3) is 0 Å². The third-order valence-electron chi connectivity index (χ3n) is 3.64. The zero-order chi connectivity index (χ0) is 18.0. The molecule has 0 fully saturated rings. The summed E-state index contributed by atoms with van der Waals surface area (Å²) in [5.74, 6) is 0.709. The van der Waals surface area contributed by atoms with Gasteiger partial charge in [-0.3, -0.25) is 4.79 Å². The predicted octanol–water partition coefficient (Wildman–Crippen LogP) is 3.70. The Labute approximate surface area is 154 Å². The zero-order valence-electron chi connectivity index (χ0n) is 13.7. The molecule has 0 saturated heterocycles. The fourth-order valence-corrected chi connectivity index (χ4v) is 4.10. The number of hydrogen-bond donors (Lipinski definition) is 2. The van der Waals surface area contributed by atoms with Crippen LogP contribution in [0.4, 0.5) is 11.5 Å². The van der Waals surface area contributed by atoms with Gasteiger partial charge in [-0.25, -0.2) is 9.97 Å². The maximum atomic E-state index is 11.4. The average Bonchev–Trinajstić information content (AvgIpc) is 3.03. The topological polar surface area (TPSA) is 98.9 Å². The number of nitrogens with one attached hydrogen (secondary N) is 1. The van der Waals surface area contributed by atoms with Crippen LogP contribution in [0.2, 0.25) is 0 Å². The van der Waals surface area contributed by atoms with Crippen LogP contribution in [0.5, 0.6) is 0 Å². The van der Waals surface area contributed by atoms with Crippen LogP contribution in [0.15, 0.2) is 34.3 Å². The number of anilines is 2. The Bertz CT molecular complexity index is 860. The van der Waals surface area contributed by atoms with Gasteiger partial charge < -0.3 is 10.4 Å². The van der Waals surface area contributed by atoms with E-state index in [0.717, 1.165) is 40.2 Å². The van der Waals surface area contributed by atoms with E-state index in [1.807, 2.05) is 12.1 Å². The molecular formula is C17H16N4O2S2. The molecule has 2 N–H and O–H groups in total. The first-order valence-electron chi connectivity index (χ1n) is 7.62. The summed E-state index contributed by atoms with van der Waals surface area (Å²) in [7, 11) is 0. The van der Waals surface area contributed by atoms with Gasteiger partial charge in [-0.2, -0.15) is 5.26 Å². The van der Waals surface area contributed by atoms with Gasteiger partial charge in [0, 0.05) is 17.9 Å². The van der Waals surface area contributed by atoms with Gasteiger partial charge in [0.25, 0.3) is 0 Å². The van der Waals surface area contributed by atoms with Crippen molar-refractivity contribution >= 4 is 41.0 Å². The number of aromatic nitrogens is 2. The fourth-order valence-electron chi connectivity index (χ4n) is 2.21. The van der Waals surface area contributed by atoms with E-state index in [1.165, 1.54) is 0 Å². The number of rotatable bonds is 5. The second kappa shape index (κ2) is 6.94. The van der Waals surface area contributed by atoms with Crippen molar-refractivity contribution in [3.63, 3.8) is 0 Å². The van der Waals surface area contributed by atoms with Gasteiger partial charge in [-0.15, -0.1) is 11.8 Å². The molecule has 1 aliphatic rings. The fraction of sp³-hybridized carbons (Fsp3) is 0.294. The Kier molecular flexibility index (Phi) is 4.88. The molecule has 0 unspecified atom stereocenters. The highest BCUT2D eigenvalue weighted by atomic mass is 32.2. The largest absolute Gasteiger partial charge is 0.480 e. The molecule has 0 bridgehead atoms. The number of aliphatic carboxylic acids is 1. The Balaban J connectivity index is 1.92. The molecule has 0 atom stereocenters. The Morgan fingerprint density at radius 1 is 1.36 bits per heavy atom. The van der Waals surface area contributed by atoms with E-state index in [2.05, 4.69) is 21.4 Å². The van der Waals surface area contributed by atoms with Crippen LogP contribution in [0.3, 0.4) is 0 Å². The molecule has 128 valence electrons. The summed E-state index contributed by atoms with van der Waals surface area (Å²) < 4.78 is -1.01. The number of carboxylic acid groups (broad SMARTS) is 1. The predicted molar refractivity (Wildman–Crippen MR) is 98.5 cm³/mol. The highest BCUT2D eigenvalue weighted by Gasteiger charge is 2.31. The molecular weight excluding hydrogens is 356 g/mol. The Morgan fingerprint density at radius 3 is 2.72 bits per heavy atom. The molecule has 1 aromatic carbocycles. The number of benzene rings is 1. The summed E-state index contributed by atoms with van der Waals surface area (Å²) in [4.78, 5) is 21.5. The number of aryl methyl sites for hydroxylation is 1. The minimum absolute atomic E-state index is 0.449. The minimum Gasteiger partial charge on any atom is -0.480 e. The highest BCUT2D eigenvalue weighted by Crippen LogP contribution is 2.39. The first-order chi connectivity index (χ1) is 11.9. The molecule has 2 heterocycles. The smallest absolute Gasteiger partial charge is 0.319 e. The van der Waals surface area contributed by atoms with Gasteiger partial charge in [0.15, 0.2) is 5.16 Å². The lowest BCUT2D eigenvalue weighted by molar-refractivity contribution is -0.138. The molecule has 1 aromatic heterocycles. The molecule has 8 heteroatoms. The van der Waals surface area contributed by atoms with Crippen LogP contribution >= 0.6 is 23.5 Å². The van der Waals surface area contributed by atoms with E-state index < -0.39 is 10.7 Å². The van der Waals surface area contributed by atoms with E-state index in [-0.39, 0.29) is 0 Å². The van der Waals surface area contributed by atoms with Crippen molar-refractivity contribution in [2.24, 2.45) is 0 Å². The van der Waals surface area contributed by atoms with Crippen molar-refractivity contribution in [2.45, 2.75) is 35.1 Å². The summed E-state index contributed by atoms with van der Waals surface area (Å²) in [5, 5.41) is 21.9. The van der Waals surface area contributed by atoms with Gasteiger partial charge in [0.2, 0.25) is 0 Å². The summed E-state index contributed by atoms with van der Waals surface area (Å²) in [6.45, 7) is 3.28. The average molecular weight is 372 g/mol. The van der Waals surface area contributed by atoms with E-state index in [4.69, 9.17) is 5.26 Å². The zero-order valence-corrected chi connectivity index (χ0v) is 15.4. The lowest BCUT2D eigenvalue weighted by Crippen LogP contribution is -2.27. The van der Waals surface area contributed by atoms with E-state index in [9.17, 15) is 9.90 Å². The molecule has 3 rings (SSSR count). The second-order valence-electron chi connectivity index (χ2n) is 5.96. The standard InChI is InChI=1S/C17H16N4O2S2/c1-17(2,15(22)23)25-16-20-12-7-8-24-13(12)14(21-16)19-11-5-3-10(9-18)4-6-11/h3-6H,7-8H2,1-2H3,(H,22,23)(H,19,20,21). The van der Waals surface area contributed by atoms with Crippen molar-refractivity contribution < 1.29 is 9.90 Å². The van der Waals surface area contributed by atoms with E-state index in [0.29, 0.717) is 16.5 Å². The quantitative estimate of drug-likeness (QED) is 0.605. The summed E-state index contributed by atoms with van der Waals surface area (Å²) in [6.07, 6.45) is 0.839. The number of nitrogens with zero attached hydrogens (tertiary/aromatic N) is 3. The van der Waals surface area contributed by atoms with E-state index >= 15 is 0 Å². The number of nitriles is 1. The third-order valence-corrected chi connectivity index (χ3v) is 5.81. The van der Waals surface area contributed by atoms with Crippen LogP contribution in [-0.4, -0.2) is 31.5 Å². The lowest BCUT2D eigenvalue weighted by Gasteiger charge is -2.18. The van der Waals surface area contributed by atoms with Crippen molar-refractivity contribution in [3.8, 4) is 6.07 Å². The molecule has 2 aromatic rings. The van der Waals surface area contributed by atoms with Gasteiger partial charge in [0.1, 0.15) is 10.6 Å². The molecule has 0 amide bonds. The first-order valence-corrected chi connectivity index (χ1v) is 9.42. The van der Waals surface area contributed by atoms with Crippen molar-refractivity contribution in [2.75, 3.05) is 11.1 Å². The maximum absolute atomic E-state index is 11.4. The first kappa shape index (κ1) is 17.6. The molecule has 0 aliphatic carbocycles. The minimum atomic E-state index is -1.01. The number of thioether (sulfide) groups is 2. The van der Waals surface area contributed by atoms with E-state index in [1.54, 1.807) is 37.7 Å². The maximum Gasteiger partial charge on any atom is 0.319 e. The van der Waals surface area contributed by atoms with Crippen molar-refractivity contribution in [1.29, 1.82) is 5.26 Å². The monoisotopic (exact) mass is 372 g/mol. The number of carboxylic acids is 1. The Hall–Kier alpha value is -2.24. The third kappa shape index (κ3) is 3.89. The molecule has 6 nitrogen and oxygen atoms in total. The molecule has 25 heavy (non-hydrogen) atoms. The lowest BCUT2D eigenvalue weighted by atomic mass is 10.2. The van der Waals surface area contributed by atoms with Gasteiger partial charge in [-0.1, -0.05) is 11.8 Å². The van der Waals surface area contributed by atoms with Crippen LogP contribution in [0.1, 0.15) is 25.1 Å². The van der Waals surface area contributed by atoms with Crippen molar-refractivity contribution in [3.05, 3.63) is 35.5 Å². The summed E-state index contributed by atoms with van der Waals surface area (Å²) in [6, 6.07) is 9.20. The highest BCUT2D eigenvalue weighted by molar-refractivity contribution is 8.01. The number of hydrogen-bond acceptors (Lipinski definition) is 7. The number of carbonyl (C=O) groups is 1. The van der Waals surface area contributed by atoms with Gasteiger partial charge in [-0.05, 0) is 38.1 Å². The Morgan fingerprint density at radius 2 is 2.08 bits per heavy atom. The second-order valence-corrected chi connectivity index (χ2v) is 8.66. The molecule has 1 aliphatic heterocycles. The van der Waals surface area contributed by atoms with Crippen LogP contribution < -0.4 is 5.32 Å². The summed E-state index contributed by atoms with van der Waals surface area (Å²) in [5.41, 5.74) is 2.35. The normalized spacial score (nSPS) is 13.2. The SMILES string of the molecule is CC(C)(Sc1nc2c(c(Nc3ccc(C#N)cc3)n1)SCC2)C(=O)O. The van der Waals surface area contributed by atoms with Crippen LogP contribution in [0, 0.1) is 11.3 Å².